The van der Waals surface area contributed by atoms with Crippen LogP contribution in [0.2, 0.25) is 0 Å². The van der Waals surface area contributed by atoms with Gasteiger partial charge in [-0.3, -0.25) is 9.69 Å². The van der Waals surface area contributed by atoms with Gasteiger partial charge in [0, 0.05) is 13.1 Å². The minimum atomic E-state index is -0.251. The first kappa shape index (κ1) is 14.4. The molecule has 21 heavy (non-hydrogen) atoms. The Morgan fingerprint density at radius 1 is 1.52 bits per heavy atom. The van der Waals surface area contributed by atoms with Crippen LogP contribution in [0.5, 0.6) is 0 Å². The molecule has 3 rings (SSSR count). The van der Waals surface area contributed by atoms with E-state index in [1.165, 1.54) is 0 Å². The normalized spacial score (nSPS) is 24.5. The number of piperidine rings is 1. The van der Waals surface area contributed by atoms with Gasteiger partial charge in [0.25, 0.3) is 0 Å². The van der Waals surface area contributed by atoms with E-state index in [1.807, 2.05) is 25.1 Å². The van der Waals surface area contributed by atoms with Gasteiger partial charge in [0.1, 0.15) is 11.4 Å². The summed E-state index contributed by atoms with van der Waals surface area (Å²) in [6, 6.07) is 5.57. The molecule has 1 aromatic carbocycles. The Labute approximate surface area is 127 Å². The lowest BCUT2D eigenvalue weighted by atomic mass is 9.97. The molecule has 0 aliphatic carbocycles. The van der Waals surface area contributed by atoms with Crippen molar-refractivity contribution in [2.24, 2.45) is 14.6 Å². The van der Waals surface area contributed by atoms with E-state index in [2.05, 4.69) is 18.9 Å². The van der Waals surface area contributed by atoms with Crippen LogP contribution in [0.25, 0.3) is 0 Å². The van der Waals surface area contributed by atoms with Gasteiger partial charge in [-0.25, -0.2) is 0 Å². The summed E-state index contributed by atoms with van der Waals surface area (Å²) in [6.45, 7) is 3.85. The second-order valence-corrected chi connectivity index (χ2v) is 6.08. The summed E-state index contributed by atoms with van der Waals surface area (Å²) in [4.78, 5) is 14.2. The number of aliphatic hydroxyl groups excluding tert-OH is 1. The summed E-state index contributed by atoms with van der Waals surface area (Å²) in [6.07, 6.45) is 0.471. The molecule has 2 N–H and O–H groups in total. The molecule has 0 spiro atoms. The second-order valence-electron chi connectivity index (χ2n) is 5.55. The van der Waals surface area contributed by atoms with Gasteiger partial charge in [0.05, 0.1) is 29.7 Å². The van der Waals surface area contributed by atoms with E-state index in [0.717, 1.165) is 42.2 Å². The fourth-order valence-corrected chi connectivity index (χ4v) is 3.21. The van der Waals surface area contributed by atoms with Crippen LogP contribution in [0, 0.1) is 5.92 Å². The molecule has 2 aliphatic rings. The molecule has 0 aromatic heterocycles. The highest BCUT2D eigenvalue weighted by Gasteiger charge is 2.25. The third-order valence-electron chi connectivity index (χ3n) is 3.87. The smallest absolute Gasteiger partial charge is 0.238 e. The summed E-state index contributed by atoms with van der Waals surface area (Å²) in [5, 5.41) is 12.6. The summed E-state index contributed by atoms with van der Waals surface area (Å²) in [7, 11) is 0. The molecule has 1 amide bonds. The zero-order chi connectivity index (χ0) is 14.8. The molecule has 2 atom stereocenters. The number of anilines is 1. The maximum atomic E-state index is 12.2. The number of carbonyl (C=O) groups excluding carboxylic acids is 1. The highest BCUT2D eigenvalue weighted by atomic mass is 32.1. The van der Waals surface area contributed by atoms with Crippen molar-refractivity contribution in [3.8, 4) is 0 Å². The van der Waals surface area contributed by atoms with Gasteiger partial charge in [-0.1, -0.05) is 13.0 Å². The van der Waals surface area contributed by atoms with Gasteiger partial charge in [-0.05, 0) is 24.5 Å². The summed E-state index contributed by atoms with van der Waals surface area (Å²) in [5.74, 6) is 0.150. The SMILES string of the molecule is CC1CN(CC(=O)Nc2cccc3c2N=S=N3)CCC1O. The molecule has 2 unspecified atom stereocenters. The highest BCUT2D eigenvalue weighted by molar-refractivity contribution is 7.58. The fraction of sp³-hybridized carbons (Fsp3) is 0.500. The zero-order valence-electron chi connectivity index (χ0n) is 11.8. The molecular formula is C14H18N4O2S. The van der Waals surface area contributed by atoms with E-state index in [4.69, 9.17) is 0 Å². The van der Waals surface area contributed by atoms with Crippen molar-refractivity contribution in [3.05, 3.63) is 18.2 Å². The monoisotopic (exact) mass is 306 g/mol. The van der Waals surface area contributed by atoms with Crippen molar-refractivity contribution < 1.29 is 9.90 Å². The molecule has 2 heterocycles. The van der Waals surface area contributed by atoms with Gasteiger partial charge in [0.2, 0.25) is 5.91 Å². The largest absolute Gasteiger partial charge is 0.393 e. The first-order valence-corrected chi connectivity index (χ1v) is 7.78. The molecule has 7 heteroatoms. The lowest BCUT2D eigenvalue weighted by Crippen LogP contribution is -2.45. The second kappa shape index (κ2) is 6.05. The molecule has 6 nitrogen and oxygen atoms in total. The number of nitrogens with zero attached hydrogens (tertiary/aromatic N) is 3. The molecule has 1 aromatic rings. The topological polar surface area (TPSA) is 77.3 Å². The van der Waals surface area contributed by atoms with Gasteiger partial charge in [-0.2, -0.15) is 8.73 Å². The molecule has 1 saturated heterocycles. The Hall–Kier alpha value is -1.57. The first-order chi connectivity index (χ1) is 10.1. The van der Waals surface area contributed by atoms with Crippen LogP contribution in [0.15, 0.2) is 26.9 Å². The Bertz CT molecular complexity index is 627. The van der Waals surface area contributed by atoms with Crippen molar-refractivity contribution in [2.45, 2.75) is 19.4 Å². The lowest BCUT2D eigenvalue weighted by molar-refractivity contribution is -0.118. The molecule has 0 bridgehead atoms. The van der Waals surface area contributed by atoms with Crippen LogP contribution in [-0.2, 0) is 16.1 Å². The zero-order valence-corrected chi connectivity index (χ0v) is 12.6. The Balaban J connectivity index is 1.60. The minimum absolute atomic E-state index is 0.0564. The average Bonchev–Trinajstić information content (AvgIpc) is 2.92. The number of fused-ring (bicyclic) bond motifs is 1. The summed E-state index contributed by atoms with van der Waals surface area (Å²) >= 11 is 1.14. The van der Waals surface area contributed by atoms with Crippen molar-refractivity contribution in [1.29, 1.82) is 0 Å². The van der Waals surface area contributed by atoms with E-state index in [9.17, 15) is 9.90 Å². The van der Waals surface area contributed by atoms with Crippen LogP contribution in [0.4, 0.5) is 17.1 Å². The third-order valence-corrected chi connectivity index (χ3v) is 4.41. The van der Waals surface area contributed by atoms with Crippen LogP contribution < -0.4 is 5.32 Å². The Kier molecular flexibility index (Phi) is 4.14. The quantitative estimate of drug-likeness (QED) is 0.911. The van der Waals surface area contributed by atoms with Crippen LogP contribution >= 0.6 is 0 Å². The number of aliphatic hydroxyl groups is 1. The van der Waals surface area contributed by atoms with Crippen molar-refractivity contribution in [3.63, 3.8) is 0 Å². The minimum Gasteiger partial charge on any atom is -0.393 e. The number of hydrogen-bond donors (Lipinski definition) is 2. The maximum Gasteiger partial charge on any atom is 0.238 e. The summed E-state index contributed by atoms with van der Waals surface area (Å²) < 4.78 is 8.37. The first-order valence-electron chi connectivity index (χ1n) is 7.05. The fourth-order valence-electron chi connectivity index (χ4n) is 2.66. The third kappa shape index (κ3) is 3.20. The van der Waals surface area contributed by atoms with Crippen molar-refractivity contribution in [1.82, 2.24) is 4.90 Å². The maximum absolute atomic E-state index is 12.2. The van der Waals surface area contributed by atoms with E-state index >= 15 is 0 Å². The Morgan fingerprint density at radius 2 is 2.38 bits per heavy atom. The van der Waals surface area contributed by atoms with Gasteiger partial charge < -0.3 is 10.4 Å². The number of rotatable bonds is 3. The molecule has 2 aliphatic heterocycles. The van der Waals surface area contributed by atoms with Crippen LogP contribution in [0.3, 0.4) is 0 Å². The molecule has 0 saturated carbocycles. The molecule has 0 radical (unpaired) electrons. The van der Waals surface area contributed by atoms with Crippen molar-refractivity contribution in [2.75, 3.05) is 25.0 Å². The van der Waals surface area contributed by atoms with Gasteiger partial charge in [0.15, 0.2) is 0 Å². The van der Waals surface area contributed by atoms with E-state index in [0.29, 0.717) is 12.2 Å². The predicted molar refractivity (Wildman–Crippen MR) is 82.8 cm³/mol. The average molecular weight is 306 g/mol. The number of benzene rings is 1. The number of hydrogen-bond acceptors (Lipinski definition) is 5. The van der Waals surface area contributed by atoms with Crippen LogP contribution in [-0.4, -0.2) is 41.7 Å². The lowest BCUT2D eigenvalue weighted by Gasteiger charge is -2.33. The van der Waals surface area contributed by atoms with Crippen LogP contribution in [0.1, 0.15) is 13.3 Å². The van der Waals surface area contributed by atoms with Crippen molar-refractivity contribution >= 4 is 34.3 Å². The summed E-state index contributed by atoms with van der Waals surface area (Å²) in [5.41, 5.74) is 2.24. The number of amides is 1. The number of nitrogens with one attached hydrogen (secondary N) is 1. The highest BCUT2D eigenvalue weighted by Crippen LogP contribution is 2.38. The van der Waals surface area contributed by atoms with E-state index < -0.39 is 0 Å². The van der Waals surface area contributed by atoms with Gasteiger partial charge >= 0.3 is 0 Å². The standard InChI is InChI=1S/C14H18N4O2S/c1-9-7-18(6-5-12(9)19)8-13(20)15-10-3-2-4-11-14(10)17-21-16-11/h2-4,9,12,19H,5-8H2,1H3,(H,15,20). The molecule has 112 valence electrons. The molecule has 1 fully saturated rings. The Morgan fingerprint density at radius 3 is 3.19 bits per heavy atom. The van der Waals surface area contributed by atoms with E-state index in [-0.39, 0.29) is 17.9 Å². The molecular weight excluding hydrogens is 288 g/mol. The van der Waals surface area contributed by atoms with Gasteiger partial charge in [-0.15, -0.1) is 0 Å². The van der Waals surface area contributed by atoms with E-state index in [1.54, 1.807) is 0 Å². The predicted octanol–water partition coefficient (Wildman–Crippen LogP) is 2.05. The number of likely N-dealkylation sites (tertiary alicyclic amines) is 1. The number of carbonyl (C=O) groups is 1.